The molecular weight excluding hydrogens is 358 g/mol. The number of ether oxygens (including phenoxy) is 1. The lowest BCUT2D eigenvalue weighted by Crippen LogP contribution is -2.32. The van der Waals surface area contributed by atoms with Crippen LogP contribution in [0.3, 0.4) is 0 Å². The Labute approximate surface area is 153 Å². The number of pyridine rings is 1. The summed E-state index contributed by atoms with van der Waals surface area (Å²) in [5, 5.41) is 6.76. The Balaban J connectivity index is 2.03. The predicted molar refractivity (Wildman–Crippen MR) is 103 cm³/mol. The number of thiocarbonyl (C=S) groups is 1. The molecule has 6 nitrogen and oxygen atoms in total. The van der Waals surface area contributed by atoms with E-state index in [0.717, 1.165) is 17.7 Å². The molecule has 2 N–H and O–H groups in total. The molecule has 2 aromatic rings. The smallest absolute Gasteiger partial charge is 0.213 e. The first-order valence-corrected chi connectivity index (χ1v) is 10.0. The van der Waals surface area contributed by atoms with E-state index in [1.54, 1.807) is 43.6 Å². The summed E-state index contributed by atoms with van der Waals surface area (Å²) in [5.74, 6) is 0.529. The largest absolute Gasteiger partial charge is 0.481 e. The highest BCUT2D eigenvalue weighted by Crippen LogP contribution is 2.19. The standard InChI is InChI=1S/C17H21N3O3S2/c1-4-15(12-5-8-14(9-6-12)25(3,21)22)20-17(24)19-13-7-10-16(23-2)18-11-13/h5-11,15H,4H2,1-3H3,(H2,19,20,24)/t15-/m0/s1. The molecule has 1 atom stereocenters. The van der Waals surface area contributed by atoms with Crippen molar-refractivity contribution in [3.05, 3.63) is 48.2 Å². The van der Waals surface area contributed by atoms with Crippen molar-refractivity contribution in [2.75, 3.05) is 18.7 Å². The fourth-order valence-electron chi connectivity index (χ4n) is 2.27. The fourth-order valence-corrected chi connectivity index (χ4v) is 3.16. The number of benzene rings is 1. The van der Waals surface area contributed by atoms with Gasteiger partial charge in [0, 0.05) is 12.3 Å². The maximum atomic E-state index is 11.5. The average Bonchev–Trinajstić information content (AvgIpc) is 2.59. The second-order valence-electron chi connectivity index (χ2n) is 5.49. The quantitative estimate of drug-likeness (QED) is 0.747. The van der Waals surface area contributed by atoms with Gasteiger partial charge in [-0.25, -0.2) is 13.4 Å². The van der Waals surface area contributed by atoms with Gasteiger partial charge in [0.2, 0.25) is 5.88 Å². The molecule has 0 saturated carbocycles. The van der Waals surface area contributed by atoms with Crippen molar-refractivity contribution in [2.24, 2.45) is 0 Å². The predicted octanol–water partition coefficient (Wildman–Crippen LogP) is 2.93. The number of hydrogen-bond acceptors (Lipinski definition) is 5. The molecule has 134 valence electrons. The number of nitrogens with one attached hydrogen (secondary N) is 2. The second kappa shape index (κ2) is 8.26. The molecule has 0 fully saturated rings. The maximum Gasteiger partial charge on any atom is 0.213 e. The number of sulfone groups is 1. The minimum Gasteiger partial charge on any atom is -0.481 e. The number of hydrogen-bond donors (Lipinski definition) is 2. The Morgan fingerprint density at radius 2 is 1.92 bits per heavy atom. The summed E-state index contributed by atoms with van der Waals surface area (Å²) in [5.41, 5.74) is 1.72. The average molecular weight is 380 g/mol. The first kappa shape index (κ1) is 19.1. The van der Waals surface area contributed by atoms with Crippen LogP contribution in [0, 0.1) is 0 Å². The molecule has 1 aromatic heterocycles. The normalized spacial score (nSPS) is 12.3. The van der Waals surface area contributed by atoms with Crippen molar-refractivity contribution in [1.29, 1.82) is 0 Å². The van der Waals surface area contributed by atoms with Crippen LogP contribution in [0.25, 0.3) is 0 Å². The van der Waals surface area contributed by atoms with Gasteiger partial charge in [0.25, 0.3) is 0 Å². The highest BCUT2D eigenvalue weighted by atomic mass is 32.2. The number of aromatic nitrogens is 1. The van der Waals surface area contributed by atoms with E-state index in [1.165, 1.54) is 6.26 Å². The molecular formula is C17H21N3O3S2. The molecule has 2 rings (SSSR count). The Hall–Kier alpha value is -2.19. The molecule has 0 unspecified atom stereocenters. The van der Waals surface area contributed by atoms with Gasteiger partial charge in [0.1, 0.15) is 0 Å². The van der Waals surface area contributed by atoms with E-state index < -0.39 is 9.84 Å². The van der Waals surface area contributed by atoms with E-state index in [9.17, 15) is 8.42 Å². The summed E-state index contributed by atoms with van der Waals surface area (Å²) in [6.07, 6.45) is 3.62. The molecule has 25 heavy (non-hydrogen) atoms. The van der Waals surface area contributed by atoms with Crippen molar-refractivity contribution < 1.29 is 13.2 Å². The van der Waals surface area contributed by atoms with Gasteiger partial charge in [-0.15, -0.1) is 0 Å². The van der Waals surface area contributed by atoms with E-state index >= 15 is 0 Å². The number of methoxy groups -OCH3 is 1. The van der Waals surface area contributed by atoms with Crippen molar-refractivity contribution in [3.8, 4) is 5.88 Å². The van der Waals surface area contributed by atoms with Crippen LogP contribution in [-0.2, 0) is 9.84 Å². The van der Waals surface area contributed by atoms with Gasteiger partial charge in [-0.05, 0) is 42.4 Å². The minimum atomic E-state index is -3.20. The summed E-state index contributed by atoms with van der Waals surface area (Å²) < 4.78 is 28.1. The Morgan fingerprint density at radius 1 is 1.24 bits per heavy atom. The third kappa shape index (κ3) is 5.40. The summed E-state index contributed by atoms with van der Waals surface area (Å²) in [7, 11) is -1.64. The maximum absolute atomic E-state index is 11.5. The van der Waals surface area contributed by atoms with Crippen molar-refractivity contribution in [1.82, 2.24) is 10.3 Å². The zero-order chi connectivity index (χ0) is 18.4. The Morgan fingerprint density at radius 3 is 2.40 bits per heavy atom. The van der Waals surface area contributed by atoms with Crippen molar-refractivity contribution >= 4 is 32.9 Å². The van der Waals surface area contributed by atoms with Gasteiger partial charge >= 0.3 is 0 Å². The summed E-state index contributed by atoms with van der Waals surface area (Å²) in [6, 6.07) is 10.4. The molecule has 0 saturated heterocycles. The van der Waals surface area contributed by atoms with Crippen LogP contribution in [0.4, 0.5) is 5.69 Å². The fraction of sp³-hybridized carbons (Fsp3) is 0.294. The number of nitrogens with zero attached hydrogens (tertiary/aromatic N) is 1. The summed E-state index contributed by atoms with van der Waals surface area (Å²) >= 11 is 5.35. The van der Waals surface area contributed by atoms with Gasteiger partial charge in [0.15, 0.2) is 14.9 Å². The highest BCUT2D eigenvalue weighted by Gasteiger charge is 2.13. The van der Waals surface area contributed by atoms with Crippen LogP contribution in [0.2, 0.25) is 0 Å². The molecule has 0 radical (unpaired) electrons. The molecule has 0 spiro atoms. The molecule has 0 aliphatic heterocycles. The molecule has 0 aliphatic rings. The van der Waals surface area contributed by atoms with Crippen LogP contribution >= 0.6 is 12.2 Å². The third-order valence-electron chi connectivity index (χ3n) is 3.63. The third-order valence-corrected chi connectivity index (χ3v) is 4.98. The first-order chi connectivity index (χ1) is 11.8. The lowest BCUT2D eigenvalue weighted by Gasteiger charge is -2.20. The van der Waals surface area contributed by atoms with Crippen LogP contribution in [0.5, 0.6) is 5.88 Å². The van der Waals surface area contributed by atoms with Crippen LogP contribution in [0.15, 0.2) is 47.5 Å². The van der Waals surface area contributed by atoms with Gasteiger partial charge in [-0.1, -0.05) is 19.1 Å². The second-order valence-corrected chi connectivity index (χ2v) is 7.91. The van der Waals surface area contributed by atoms with Crippen LogP contribution in [0.1, 0.15) is 24.9 Å². The molecule has 0 aliphatic carbocycles. The minimum absolute atomic E-state index is 0.0279. The lowest BCUT2D eigenvalue weighted by molar-refractivity contribution is 0.398. The topological polar surface area (TPSA) is 80.3 Å². The first-order valence-electron chi connectivity index (χ1n) is 7.71. The van der Waals surface area contributed by atoms with E-state index in [2.05, 4.69) is 15.6 Å². The molecule has 8 heteroatoms. The van der Waals surface area contributed by atoms with Gasteiger partial charge in [0.05, 0.1) is 29.9 Å². The molecule has 1 aromatic carbocycles. The van der Waals surface area contributed by atoms with Crippen molar-refractivity contribution in [2.45, 2.75) is 24.3 Å². The van der Waals surface area contributed by atoms with Gasteiger partial charge in [-0.3, -0.25) is 0 Å². The Bertz CT molecular complexity index is 819. The molecule has 0 amide bonds. The van der Waals surface area contributed by atoms with Gasteiger partial charge in [-0.2, -0.15) is 0 Å². The van der Waals surface area contributed by atoms with E-state index in [1.807, 2.05) is 13.0 Å². The Kier molecular flexibility index (Phi) is 6.33. The zero-order valence-corrected chi connectivity index (χ0v) is 15.9. The highest BCUT2D eigenvalue weighted by molar-refractivity contribution is 7.90. The number of anilines is 1. The summed E-state index contributed by atoms with van der Waals surface area (Å²) in [4.78, 5) is 4.41. The SMILES string of the molecule is CC[C@H](NC(=S)Nc1ccc(OC)nc1)c1ccc(S(C)(=O)=O)cc1. The summed E-state index contributed by atoms with van der Waals surface area (Å²) in [6.45, 7) is 2.03. The monoisotopic (exact) mass is 379 g/mol. The van der Waals surface area contributed by atoms with E-state index in [-0.39, 0.29) is 6.04 Å². The van der Waals surface area contributed by atoms with Crippen LogP contribution < -0.4 is 15.4 Å². The van der Waals surface area contributed by atoms with E-state index in [0.29, 0.717) is 15.9 Å². The van der Waals surface area contributed by atoms with Crippen LogP contribution in [-0.4, -0.2) is 31.9 Å². The van der Waals surface area contributed by atoms with E-state index in [4.69, 9.17) is 17.0 Å². The molecule has 0 bridgehead atoms. The van der Waals surface area contributed by atoms with Gasteiger partial charge < -0.3 is 15.4 Å². The lowest BCUT2D eigenvalue weighted by atomic mass is 10.1. The van der Waals surface area contributed by atoms with Crippen molar-refractivity contribution in [3.63, 3.8) is 0 Å². The number of rotatable bonds is 6. The zero-order valence-electron chi connectivity index (χ0n) is 14.3. The molecule has 1 heterocycles.